The van der Waals surface area contributed by atoms with Gasteiger partial charge in [0.1, 0.15) is 5.82 Å². The normalized spacial score (nSPS) is 12.7. The van der Waals surface area contributed by atoms with Crippen molar-refractivity contribution in [1.29, 1.82) is 0 Å². The van der Waals surface area contributed by atoms with Gasteiger partial charge in [-0.1, -0.05) is 6.92 Å². The molecule has 1 heterocycles. The molecule has 0 aliphatic carbocycles. The summed E-state index contributed by atoms with van der Waals surface area (Å²) in [5.41, 5.74) is 8.12. The Hall–Kier alpha value is -1.13. The van der Waals surface area contributed by atoms with Crippen molar-refractivity contribution in [2.24, 2.45) is 0 Å². The molecule has 1 rings (SSSR count). The van der Waals surface area contributed by atoms with Gasteiger partial charge in [-0.15, -0.1) is 0 Å². The fourth-order valence-electron chi connectivity index (χ4n) is 1.77. The van der Waals surface area contributed by atoms with E-state index in [1.165, 1.54) is 0 Å². The minimum absolute atomic E-state index is 0.124. The molecule has 0 aliphatic rings. The zero-order valence-electron chi connectivity index (χ0n) is 10.3. The summed E-state index contributed by atoms with van der Waals surface area (Å²) < 4.78 is 5.22. The lowest BCUT2D eigenvalue weighted by Gasteiger charge is -2.21. The summed E-state index contributed by atoms with van der Waals surface area (Å²) in [5.74, 6) is 0.589. The van der Waals surface area contributed by atoms with Crippen molar-refractivity contribution >= 4 is 5.82 Å². The smallest absolute Gasteiger partial charge is 0.128 e. The third-order valence-corrected chi connectivity index (χ3v) is 2.56. The van der Waals surface area contributed by atoms with Crippen LogP contribution in [0.2, 0.25) is 0 Å². The Bertz CT molecular complexity index is 308. The van der Waals surface area contributed by atoms with Crippen LogP contribution in [0.5, 0.6) is 0 Å². The molecule has 0 saturated heterocycles. The topological polar surface area (TPSA) is 60.2 Å². The van der Waals surface area contributed by atoms with E-state index in [2.05, 4.69) is 17.2 Å². The molecule has 0 fully saturated rings. The molecule has 0 spiro atoms. The lowest BCUT2D eigenvalue weighted by Crippen LogP contribution is -2.27. The maximum atomic E-state index is 5.92. The number of rotatable bonds is 6. The van der Waals surface area contributed by atoms with E-state index >= 15 is 0 Å². The summed E-state index contributed by atoms with van der Waals surface area (Å²) >= 11 is 0. The average molecular weight is 223 g/mol. The molecule has 3 N–H and O–H groups in total. The van der Waals surface area contributed by atoms with Crippen molar-refractivity contribution in [3.63, 3.8) is 0 Å². The second-order valence-corrected chi connectivity index (χ2v) is 3.89. The highest BCUT2D eigenvalue weighted by molar-refractivity contribution is 5.46. The van der Waals surface area contributed by atoms with Gasteiger partial charge in [-0.05, 0) is 31.5 Å². The van der Waals surface area contributed by atoms with E-state index in [4.69, 9.17) is 10.5 Å². The van der Waals surface area contributed by atoms with E-state index in [1.807, 2.05) is 13.0 Å². The number of hydrogen-bond donors (Lipinski definition) is 2. The lowest BCUT2D eigenvalue weighted by molar-refractivity contribution is 0.167. The van der Waals surface area contributed by atoms with Crippen LogP contribution in [0.3, 0.4) is 0 Å². The molecule has 16 heavy (non-hydrogen) atoms. The Kier molecular flexibility index (Phi) is 5.22. The number of methoxy groups -OCH3 is 1. The number of aryl methyl sites for hydroxylation is 1. The second-order valence-electron chi connectivity index (χ2n) is 3.89. The fraction of sp³-hybridized carbons (Fsp3) is 0.583. The number of nitrogens with zero attached hydrogens (tertiary/aromatic N) is 1. The quantitative estimate of drug-likeness (QED) is 0.770. The van der Waals surface area contributed by atoms with Crippen LogP contribution < -0.4 is 11.1 Å². The zero-order valence-corrected chi connectivity index (χ0v) is 10.3. The van der Waals surface area contributed by atoms with Crippen LogP contribution in [0.4, 0.5) is 5.82 Å². The Morgan fingerprint density at radius 3 is 2.88 bits per heavy atom. The monoisotopic (exact) mass is 223 g/mol. The number of ether oxygens (including phenoxy) is 1. The number of aromatic nitrogens is 1. The summed E-state index contributed by atoms with van der Waals surface area (Å²) in [6, 6.07) is 2.10. The van der Waals surface area contributed by atoms with Gasteiger partial charge in [-0.2, -0.15) is 0 Å². The van der Waals surface area contributed by atoms with Gasteiger partial charge in [-0.25, -0.2) is 4.98 Å². The SMILES string of the molecule is CCCNC(COC)c1c(C)ccnc1N. The van der Waals surface area contributed by atoms with Gasteiger partial charge in [0.2, 0.25) is 0 Å². The molecule has 4 nitrogen and oxygen atoms in total. The van der Waals surface area contributed by atoms with Crippen molar-refractivity contribution in [2.75, 3.05) is 26.0 Å². The number of anilines is 1. The van der Waals surface area contributed by atoms with Gasteiger partial charge < -0.3 is 15.8 Å². The average Bonchev–Trinajstić information content (AvgIpc) is 2.25. The van der Waals surface area contributed by atoms with Crippen LogP contribution in [0.1, 0.15) is 30.5 Å². The van der Waals surface area contributed by atoms with Gasteiger partial charge in [0.15, 0.2) is 0 Å². The van der Waals surface area contributed by atoms with E-state index in [0.717, 1.165) is 24.1 Å². The van der Waals surface area contributed by atoms with Crippen LogP contribution in [0.15, 0.2) is 12.3 Å². The van der Waals surface area contributed by atoms with E-state index in [0.29, 0.717) is 12.4 Å². The summed E-state index contributed by atoms with van der Waals surface area (Å²) in [6.07, 6.45) is 2.82. The van der Waals surface area contributed by atoms with Crippen molar-refractivity contribution in [3.8, 4) is 0 Å². The number of nitrogens with two attached hydrogens (primary N) is 1. The van der Waals surface area contributed by atoms with E-state index < -0.39 is 0 Å². The van der Waals surface area contributed by atoms with E-state index in [-0.39, 0.29) is 6.04 Å². The first-order valence-electron chi connectivity index (χ1n) is 5.64. The third kappa shape index (κ3) is 3.18. The highest BCUT2D eigenvalue weighted by atomic mass is 16.5. The fourth-order valence-corrected chi connectivity index (χ4v) is 1.77. The van der Waals surface area contributed by atoms with Crippen LogP contribution in [0.25, 0.3) is 0 Å². The molecule has 90 valence electrons. The molecule has 1 atom stereocenters. The van der Waals surface area contributed by atoms with Gasteiger partial charge in [0.25, 0.3) is 0 Å². The largest absolute Gasteiger partial charge is 0.383 e. The second kappa shape index (κ2) is 6.45. The molecule has 1 aromatic rings. The van der Waals surface area contributed by atoms with Crippen LogP contribution in [0, 0.1) is 6.92 Å². The molecule has 0 saturated carbocycles. The molecule has 0 amide bonds. The Morgan fingerprint density at radius 1 is 1.56 bits per heavy atom. The number of nitrogen functional groups attached to an aromatic ring is 1. The summed E-state index contributed by atoms with van der Waals surface area (Å²) in [7, 11) is 1.70. The predicted octanol–water partition coefficient (Wildman–Crippen LogP) is 1.66. The highest BCUT2D eigenvalue weighted by Gasteiger charge is 2.16. The van der Waals surface area contributed by atoms with Crippen molar-refractivity contribution < 1.29 is 4.74 Å². The maximum absolute atomic E-state index is 5.92. The van der Waals surface area contributed by atoms with Gasteiger partial charge in [-0.3, -0.25) is 0 Å². The van der Waals surface area contributed by atoms with E-state index in [1.54, 1.807) is 13.3 Å². The first kappa shape index (κ1) is 12.9. The van der Waals surface area contributed by atoms with Crippen molar-refractivity contribution in [3.05, 3.63) is 23.4 Å². The highest BCUT2D eigenvalue weighted by Crippen LogP contribution is 2.22. The number of hydrogen-bond acceptors (Lipinski definition) is 4. The van der Waals surface area contributed by atoms with Crippen LogP contribution in [-0.4, -0.2) is 25.2 Å². The number of pyridine rings is 1. The summed E-state index contributed by atoms with van der Waals surface area (Å²) in [4.78, 5) is 4.13. The first-order valence-corrected chi connectivity index (χ1v) is 5.64. The molecule has 0 aliphatic heterocycles. The summed E-state index contributed by atoms with van der Waals surface area (Å²) in [5, 5.41) is 3.42. The molecular weight excluding hydrogens is 202 g/mol. The van der Waals surface area contributed by atoms with Gasteiger partial charge in [0.05, 0.1) is 12.6 Å². The van der Waals surface area contributed by atoms with Crippen LogP contribution >= 0.6 is 0 Å². The minimum Gasteiger partial charge on any atom is -0.383 e. The Balaban J connectivity index is 2.90. The van der Waals surface area contributed by atoms with Gasteiger partial charge >= 0.3 is 0 Å². The maximum Gasteiger partial charge on any atom is 0.128 e. The predicted molar refractivity (Wildman–Crippen MR) is 66.3 cm³/mol. The van der Waals surface area contributed by atoms with Crippen molar-refractivity contribution in [1.82, 2.24) is 10.3 Å². The van der Waals surface area contributed by atoms with Crippen molar-refractivity contribution in [2.45, 2.75) is 26.3 Å². The Morgan fingerprint density at radius 2 is 2.31 bits per heavy atom. The molecule has 0 aromatic carbocycles. The van der Waals surface area contributed by atoms with Crippen LogP contribution in [-0.2, 0) is 4.74 Å². The minimum atomic E-state index is 0.124. The van der Waals surface area contributed by atoms with E-state index in [9.17, 15) is 0 Å². The zero-order chi connectivity index (χ0) is 12.0. The molecule has 0 radical (unpaired) electrons. The lowest BCUT2D eigenvalue weighted by atomic mass is 10.0. The molecular formula is C12H21N3O. The Labute approximate surface area is 97.2 Å². The van der Waals surface area contributed by atoms with Gasteiger partial charge in [0, 0.05) is 18.9 Å². The summed E-state index contributed by atoms with van der Waals surface area (Å²) in [6.45, 7) is 5.73. The standard InChI is InChI=1S/C12H21N3O/c1-4-6-14-10(8-16-3)11-9(2)5-7-15-12(11)13/h5,7,10,14H,4,6,8H2,1-3H3,(H2,13,15). The molecule has 0 bridgehead atoms. The molecule has 4 heteroatoms. The first-order chi connectivity index (χ1) is 7.70. The molecule has 1 aromatic heterocycles. The third-order valence-electron chi connectivity index (χ3n) is 2.56. The molecule has 1 unspecified atom stereocenters. The number of nitrogens with one attached hydrogen (secondary N) is 1.